The zero-order chi connectivity index (χ0) is 8.55. The maximum atomic E-state index is 12.9. The van der Waals surface area contributed by atoms with Crippen molar-refractivity contribution in [3.05, 3.63) is 28.2 Å². The van der Waals surface area contributed by atoms with E-state index >= 15 is 0 Å². The van der Waals surface area contributed by atoms with Crippen LogP contribution in [0.3, 0.4) is 0 Å². The van der Waals surface area contributed by atoms with Crippen LogP contribution < -0.4 is 4.74 Å². The summed E-state index contributed by atoms with van der Waals surface area (Å²) in [6.45, 7) is 0.189. The van der Waals surface area contributed by atoms with Gasteiger partial charge in [0.15, 0.2) is 0 Å². The molecule has 2 rings (SSSR count). The molecule has 0 saturated carbocycles. The Kier molecular flexibility index (Phi) is 2.05. The largest absolute Gasteiger partial charge is 0.490 e. The molecule has 64 valence electrons. The van der Waals surface area contributed by atoms with E-state index < -0.39 is 6.17 Å². The highest BCUT2D eigenvalue weighted by Gasteiger charge is 2.18. The SMILES string of the molecule is F[C@@H]1COc2ccc(Br)cc2C1. The summed E-state index contributed by atoms with van der Waals surface area (Å²) in [7, 11) is 0. The van der Waals surface area contributed by atoms with E-state index in [4.69, 9.17) is 4.74 Å². The first kappa shape index (κ1) is 8.05. The number of benzene rings is 1. The van der Waals surface area contributed by atoms with Crippen LogP contribution in [0.5, 0.6) is 5.75 Å². The summed E-state index contributed by atoms with van der Waals surface area (Å²) < 4.78 is 19.0. The Morgan fingerprint density at radius 1 is 1.50 bits per heavy atom. The van der Waals surface area contributed by atoms with Crippen molar-refractivity contribution in [2.75, 3.05) is 6.61 Å². The number of halogens is 2. The van der Waals surface area contributed by atoms with E-state index in [1.807, 2.05) is 18.2 Å². The summed E-state index contributed by atoms with van der Waals surface area (Å²) in [5, 5.41) is 0. The molecule has 1 atom stereocenters. The third-order valence-electron chi connectivity index (χ3n) is 1.88. The van der Waals surface area contributed by atoms with Crippen molar-refractivity contribution in [1.29, 1.82) is 0 Å². The molecule has 0 unspecified atom stereocenters. The Morgan fingerprint density at radius 3 is 3.17 bits per heavy atom. The first-order chi connectivity index (χ1) is 5.75. The van der Waals surface area contributed by atoms with Crippen LogP contribution in [-0.4, -0.2) is 12.8 Å². The van der Waals surface area contributed by atoms with Crippen molar-refractivity contribution in [3.63, 3.8) is 0 Å². The summed E-state index contributed by atoms with van der Waals surface area (Å²) in [5.74, 6) is 0.812. The second-order valence-corrected chi connectivity index (χ2v) is 3.78. The molecule has 0 aliphatic carbocycles. The van der Waals surface area contributed by atoms with Gasteiger partial charge in [-0.2, -0.15) is 0 Å². The Balaban J connectivity index is 2.37. The molecule has 0 aromatic heterocycles. The van der Waals surface area contributed by atoms with Gasteiger partial charge in [0.2, 0.25) is 0 Å². The van der Waals surface area contributed by atoms with E-state index in [1.165, 1.54) is 0 Å². The highest BCUT2D eigenvalue weighted by molar-refractivity contribution is 9.10. The highest BCUT2D eigenvalue weighted by Crippen LogP contribution is 2.28. The van der Waals surface area contributed by atoms with Crippen LogP contribution in [-0.2, 0) is 6.42 Å². The topological polar surface area (TPSA) is 9.23 Å². The molecule has 0 saturated heterocycles. The second-order valence-electron chi connectivity index (χ2n) is 2.86. The molecule has 1 nitrogen and oxygen atoms in total. The fourth-order valence-corrected chi connectivity index (χ4v) is 1.73. The fourth-order valence-electron chi connectivity index (χ4n) is 1.33. The summed E-state index contributed by atoms with van der Waals surface area (Å²) >= 11 is 3.33. The van der Waals surface area contributed by atoms with Gasteiger partial charge in [-0.05, 0) is 23.8 Å². The van der Waals surface area contributed by atoms with Gasteiger partial charge in [0.05, 0.1) is 0 Å². The average Bonchev–Trinajstić information content (AvgIpc) is 2.03. The normalized spacial score (nSPS) is 21.3. The van der Waals surface area contributed by atoms with E-state index in [2.05, 4.69) is 15.9 Å². The van der Waals surface area contributed by atoms with E-state index in [-0.39, 0.29) is 6.61 Å². The van der Waals surface area contributed by atoms with Gasteiger partial charge < -0.3 is 4.74 Å². The number of hydrogen-bond acceptors (Lipinski definition) is 1. The molecule has 12 heavy (non-hydrogen) atoms. The quantitative estimate of drug-likeness (QED) is 0.667. The van der Waals surface area contributed by atoms with Gasteiger partial charge in [0, 0.05) is 10.9 Å². The zero-order valence-electron chi connectivity index (χ0n) is 6.39. The molecule has 3 heteroatoms. The molecule has 1 aliphatic rings. The molecule has 0 fully saturated rings. The van der Waals surface area contributed by atoms with Crippen molar-refractivity contribution in [2.45, 2.75) is 12.6 Å². The van der Waals surface area contributed by atoms with E-state index in [0.29, 0.717) is 6.42 Å². The molecule has 1 heterocycles. The molecule has 1 aromatic carbocycles. The van der Waals surface area contributed by atoms with Crippen molar-refractivity contribution in [2.24, 2.45) is 0 Å². The van der Waals surface area contributed by atoms with Gasteiger partial charge in [-0.15, -0.1) is 0 Å². The van der Waals surface area contributed by atoms with Crippen LogP contribution in [0.4, 0.5) is 4.39 Å². The third kappa shape index (κ3) is 1.46. The molecule has 0 N–H and O–H groups in total. The molecule has 1 aromatic rings. The minimum atomic E-state index is -0.855. The molecule has 1 aliphatic heterocycles. The number of fused-ring (bicyclic) bond motifs is 1. The molecule has 0 bridgehead atoms. The van der Waals surface area contributed by atoms with Gasteiger partial charge in [0.1, 0.15) is 18.5 Å². The van der Waals surface area contributed by atoms with Gasteiger partial charge in [-0.1, -0.05) is 15.9 Å². The smallest absolute Gasteiger partial charge is 0.138 e. The Morgan fingerprint density at radius 2 is 2.33 bits per heavy atom. The van der Waals surface area contributed by atoms with Crippen molar-refractivity contribution >= 4 is 15.9 Å². The van der Waals surface area contributed by atoms with Gasteiger partial charge in [0.25, 0.3) is 0 Å². The van der Waals surface area contributed by atoms with Crippen molar-refractivity contribution in [3.8, 4) is 5.75 Å². The van der Waals surface area contributed by atoms with Gasteiger partial charge in [-0.3, -0.25) is 0 Å². The van der Waals surface area contributed by atoms with Crippen LogP contribution in [0.2, 0.25) is 0 Å². The minimum absolute atomic E-state index is 0.189. The monoisotopic (exact) mass is 230 g/mol. The van der Waals surface area contributed by atoms with Crippen molar-refractivity contribution < 1.29 is 9.13 Å². The third-order valence-corrected chi connectivity index (χ3v) is 2.38. The van der Waals surface area contributed by atoms with Crippen LogP contribution in [0.15, 0.2) is 22.7 Å². The lowest BCUT2D eigenvalue weighted by Gasteiger charge is -2.20. The maximum Gasteiger partial charge on any atom is 0.138 e. The lowest BCUT2D eigenvalue weighted by molar-refractivity contribution is 0.173. The van der Waals surface area contributed by atoms with Gasteiger partial charge in [-0.25, -0.2) is 4.39 Å². The number of rotatable bonds is 0. The van der Waals surface area contributed by atoms with E-state index in [1.54, 1.807) is 0 Å². The Labute approximate surface area is 78.7 Å². The highest BCUT2D eigenvalue weighted by atomic mass is 79.9. The number of ether oxygens (including phenoxy) is 1. The summed E-state index contributed by atoms with van der Waals surface area (Å²) in [5.41, 5.74) is 0.947. The molecule has 0 spiro atoms. The van der Waals surface area contributed by atoms with E-state index in [9.17, 15) is 4.39 Å². The Hall–Kier alpha value is -0.570. The maximum absolute atomic E-state index is 12.9. The average molecular weight is 231 g/mol. The van der Waals surface area contributed by atoms with Gasteiger partial charge >= 0.3 is 0 Å². The first-order valence-electron chi connectivity index (χ1n) is 3.81. The predicted molar refractivity (Wildman–Crippen MR) is 48.2 cm³/mol. The van der Waals surface area contributed by atoms with Crippen LogP contribution >= 0.6 is 15.9 Å². The van der Waals surface area contributed by atoms with Crippen LogP contribution in [0, 0.1) is 0 Å². The summed E-state index contributed by atoms with van der Waals surface area (Å²) in [6.07, 6.45) is -0.388. The predicted octanol–water partition coefficient (Wildman–Crippen LogP) is 2.72. The minimum Gasteiger partial charge on any atom is -0.490 e. The lowest BCUT2D eigenvalue weighted by atomic mass is 10.1. The fraction of sp³-hybridized carbons (Fsp3) is 0.333. The lowest BCUT2D eigenvalue weighted by Crippen LogP contribution is -2.21. The second kappa shape index (κ2) is 3.05. The Bertz CT molecular complexity index is 301. The van der Waals surface area contributed by atoms with Crippen molar-refractivity contribution in [1.82, 2.24) is 0 Å². The zero-order valence-corrected chi connectivity index (χ0v) is 7.97. The summed E-state index contributed by atoms with van der Waals surface area (Å²) in [4.78, 5) is 0. The number of hydrogen-bond donors (Lipinski definition) is 0. The number of alkyl halides is 1. The molecular weight excluding hydrogens is 223 g/mol. The molecular formula is C9H8BrFO. The van der Waals surface area contributed by atoms with Crippen LogP contribution in [0.1, 0.15) is 5.56 Å². The standard InChI is InChI=1S/C9H8BrFO/c10-7-1-2-9-6(3-7)4-8(11)5-12-9/h1-3,8H,4-5H2/t8-/m0/s1. The first-order valence-corrected chi connectivity index (χ1v) is 4.60. The van der Waals surface area contributed by atoms with E-state index in [0.717, 1.165) is 15.8 Å². The molecule has 0 amide bonds. The summed E-state index contributed by atoms with van der Waals surface area (Å²) in [6, 6.07) is 5.67. The molecule has 0 radical (unpaired) electrons. The van der Waals surface area contributed by atoms with Crippen LogP contribution in [0.25, 0.3) is 0 Å².